The highest BCUT2D eigenvalue weighted by atomic mass is 16.5. The van der Waals surface area contributed by atoms with Crippen molar-refractivity contribution in [3.05, 3.63) is 12.2 Å². The van der Waals surface area contributed by atoms with Crippen LogP contribution >= 0.6 is 0 Å². The van der Waals surface area contributed by atoms with E-state index in [2.05, 4.69) is 0 Å². The maximum Gasteiger partial charge on any atom is 0.169 e. The van der Waals surface area contributed by atoms with Gasteiger partial charge in [-0.15, -0.1) is 0 Å². The second-order valence-electron chi connectivity index (χ2n) is 3.69. The van der Waals surface area contributed by atoms with E-state index < -0.39 is 5.60 Å². The van der Waals surface area contributed by atoms with E-state index in [-0.39, 0.29) is 11.7 Å². The smallest absolute Gasteiger partial charge is 0.169 e. The average molecular weight is 168 g/mol. The Labute approximate surface area is 73.6 Å². The minimum Gasteiger partial charge on any atom is -0.367 e. The molecule has 1 rings (SSSR count). The van der Waals surface area contributed by atoms with Gasteiger partial charge in [0, 0.05) is 5.92 Å². The van der Waals surface area contributed by atoms with Crippen molar-refractivity contribution in [3.8, 4) is 0 Å². The van der Waals surface area contributed by atoms with Crippen LogP contribution in [0.15, 0.2) is 12.2 Å². The van der Waals surface area contributed by atoms with Crippen LogP contribution in [-0.2, 0) is 9.53 Å². The van der Waals surface area contributed by atoms with Gasteiger partial charge in [-0.1, -0.05) is 12.2 Å². The van der Waals surface area contributed by atoms with E-state index in [0.717, 1.165) is 6.42 Å². The van der Waals surface area contributed by atoms with E-state index in [0.29, 0.717) is 6.61 Å². The number of carbonyl (C=O) groups excluding carboxylic acids is 1. The highest BCUT2D eigenvalue weighted by Crippen LogP contribution is 2.27. The van der Waals surface area contributed by atoms with Gasteiger partial charge in [0.25, 0.3) is 0 Å². The van der Waals surface area contributed by atoms with Crippen LogP contribution in [0.1, 0.15) is 27.2 Å². The van der Waals surface area contributed by atoms with E-state index >= 15 is 0 Å². The number of ether oxygens (including phenoxy) is 1. The van der Waals surface area contributed by atoms with Crippen molar-refractivity contribution in [1.82, 2.24) is 0 Å². The lowest BCUT2D eigenvalue weighted by Gasteiger charge is -2.13. The van der Waals surface area contributed by atoms with E-state index in [4.69, 9.17) is 4.74 Å². The fourth-order valence-electron chi connectivity index (χ4n) is 1.42. The molecule has 0 aromatic heterocycles. The third-order valence-corrected chi connectivity index (χ3v) is 2.27. The topological polar surface area (TPSA) is 26.3 Å². The van der Waals surface area contributed by atoms with Gasteiger partial charge < -0.3 is 4.74 Å². The van der Waals surface area contributed by atoms with Gasteiger partial charge in [0.2, 0.25) is 0 Å². The van der Waals surface area contributed by atoms with Crippen molar-refractivity contribution in [2.45, 2.75) is 32.8 Å². The lowest BCUT2D eigenvalue weighted by Crippen LogP contribution is -2.29. The Balaban J connectivity index is 2.56. The molecule has 0 amide bonds. The number of carbonyl (C=O) groups is 1. The summed E-state index contributed by atoms with van der Waals surface area (Å²) in [6, 6.07) is 0. The Hall–Kier alpha value is -0.630. The molecule has 12 heavy (non-hydrogen) atoms. The van der Waals surface area contributed by atoms with Crippen LogP contribution in [0.25, 0.3) is 0 Å². The molecule has 0 bridgehead atoms. The zero-order valence-corrected chi connectivity index (χ0v) is 7.96. The van der Waals surface area contributed by atoms with Crippen LogP contribution in [0.5, 0.6) is 0 Å². The van der Waals surface area contributed by atoms with Gasteiger partial charge in [-0.05, 0) is 27.2 Å². The predicted molar refractivity (Wildman–Crippen MR) is 48.0 cm³/mol. The molecule has 1 aliphatic heterocycles. The van der Waals surface area contributed by atoms with Crippen molar-refractivity contribution < 1.29 is 9.53 Å². The molecule has 1 atom stereocenters. The Morgan fingerprint density at radius 2 is 2.33 bits per heavy atom. The molecule has 1 heterocycles. The lowest BCUT2D eigenvalue weighted by atomic mass is 9.93. The first-order valence-corrected chi connectivity index (χ1v) is 4.37. The quantitative estimate of drug-likeness (QED) is 0.589. The van der Waals surface area contributed by atoms with Crippen LogP contribution in [0.4, 0.5) is 0 Å². The van der Waals surface area contributed by atoms with Gasteiger partial charge in [-0.3, -0.25) is 4.79 Å². The summed E-state index contributed by atoms with van der Waals surface area (Å²) < 4.78 is 5.38. The summed E-state index contributed by atoms with van der Waals surface area (Å²) in [6.07, 6.45) is 4.81. The maximum atomic E-state index is 11.6. The highest BCUT2D eigenvalue weighted by molar-refractivity contribution is 5.90. The third kappa shape index (κ3) is 1.75. The molecule has 0 aromatic carbocycles. The van der Waals surface area contributed by atoms with E-state index in [9.17, 15) is 4.79 Å². The molecule has 1 saturated heterocycles. The minimum absolute atomic E-state index is 0.0798. The summed E-state index contributed by atoms with van der Waals surface area (Å²) in [7, 11) is 0. The summed E-state index contributed by atoms with van der Waals surface area (Å²) in [4.78, 5) is 11.6. The molecule has 0 saturated carbocycles. The van der Waals surface area contributed by atoms with Crippen LogP contribution < -0.4 is 0 Å². The molecule has 2 heteroatoms. The van der Waals surface area contributed by atoms with Gasteiger partial charge in [-0.2, -0.15) is 0 Å². The molecular formula is C10H16O2. The first kappa shape index (κ1) is 9.46. The minimum atomic E-state index is -0.549. The number of ketones is 1. The van der Waals surface area contributed by atoms with E-state index in [1.807, 2.05) is 32.9 Å². The maximum absolute atomic E-state index is 11.6. The molecule has 1 aliphatic rings. The average Bonchev–Trinajstić information content (AvgIpc) is 2.26. The van der Waals surface area contributed by atoms with Crippen LogP contribution in [0, 0.1) is 5.92 Å². The number of hydrogen-bond donors (Lipinski definition) is 0. The summed E-state index contributed by atoms with van der Waals surface area (Å²) in [5.41, 5.74) is -0.549. The molecule has 0 radical (unpaired) electrons. The Bertz CT molecular complexity index is 204. The van der Waals surface area contributed by atoms with Gasteiger partial charge in [0.05, 0.1) is 6.61 Å². The Morgan fingerprint density at radius 1 is 1.67 bits per heavy atom. The molecule has 0 aliphatic carbocycles. The largest absolute Gasteiger partial charge is 0.367 e. The van der Waals surface area contributed by atoms with Gasteiger partial charge in [-0.25, -0.2) is 0 Å². The van der Waals surface area contributed by atoms with Gasteiger partial charge >= 0.3 is 0 Å². The number of allylic oxidation sites excluding steroid dienone is 2. The molecule has 2 nitrogen and oxygen atoms in total. The van der Waals surface area contributed by atoms with E-state index in [1.165, 1.54) is 0 Å². The highest BCUT2D eigenvalue weighted by Gasteiger charge is 2.40. The number of hydrogen-bond acceptors (Lipinski definition) is 2. The molecule has 0 N–H and O–H groups in total. The second kappa shape index (κ2) is 3.40. The number of rotatable bonds is 2. The molecule has 0 aromatic rings. The van der Waals surface area contributed by atoms with E-state index in [1.54, 1.807) is 0 Å². The third-order valence-electron chi connectivity index (χ3n) is 2.27. The van der Waals surface area contributed by atoms with Crippen LogP contribution in [-0.4, -0.2) is 18.0 Å². The molecular weight excluding hydrogens is 152 g/mol. The first-order valence-electron chi connectivity index (χ1n) is 4.37. The standard InChI is InChI=1S/C10H16O2/c1-4-5-6-8-7-12-10(2,3)9(8)11/h4-5,8H,6-7H2,1-3H3/b5-4+. The number of Topliss-reactive ketones (excluding diaryl/α,β-unsaturated/α-hetero) is 1. The fourth-order valence-corrected chi connectivity index (χ4v) is 1.42. The monoisotopic (exact) mass is 168 g/mol. The summed E-state index contributed by atoms with van der Waals surface area (Å²) in [5, 5.41) is 0. The zero-order valence-electron chi connectivity index (χ0n) is 7.96. The van der Waals surface area contributed by atoms with Crippen LogP contribution in [0.3, 0.4) is 0 Å². The van der Waals surface area contributed by atoms with Crippen LogP contribution in [0.2, 0.25) is 0 Å². The normalized spacial score (nSPS) is 28.6. The predicted octanol–water partition coefficient (Wildman–Crippen LogP) is 1.95. The SMILES string of the molecule is C/C=C/CC1COC(C)(C)C1=O. The lowest BCUT2D eigenvalue weighted by molar-refractivity contribution is -0.130. The molecule has 1 unspecified atom stereocenters. The Morgan fingerprint density at radius 3 is 2.75 bits per heavy atom. The summed E-state index contributed by atoms with van der Waals surface area (Å²) >= 11 is 0. The van der Waals surface area contributed by atoms with Crippen molar-refractivity contribution in [3.63, 3.8) is 0 Å². The first-order chi connectivity index (χ1) is 5.58. The molecule has 68 valence electrons. The van der Waals surface area contributed by atoms with Crippen molar-refractivity contribution in [2.24, 2.45) is 5.92 Å². The second-order valence-corrected chi connectivity index (χ2v) is 3.69. The van der Waals surface area contributed by atoms with Crippen molar-refractivity contribution in [1.29, 1.82) is 0 Å². The molecule has 1 fully saturated rings. The summed E-state index contributed by atoms with van der Waals surface area (Å²) in [6.45, 7) is 6.22. The van der Waals surface area contributed by atoms with Crippen molar-refractivity contribution >= 4 is 5.78 Å². The Kier molecular flexibility index (Phi) is 2.68. The zero-order chi connectivity index (χ0) is 9.19. The molecule has 0 spiro atoms. The van der Waals surface area contributed by atoms with Gasteiger partial charge in [0.15, 0.2) is 5.78 Å². The van der Waals surface area contributed by atoms with Gasteiger partial charge in [0.1, 0.15) is 5.60 Å². The fraction of sp³-hybridized carbons (Fsp3) is 0.700. The summed E-state index contributed by atoms with van der Waals surface area (Å²) in [5.74, 6) is 0.316. The van der Waals surface area contributed by atoms with Crippen molar-refractivity contribution in [2.75, 3.05) is 6.61 Å².